The number of benzene rings is 2. The van der Waals surface area contributed by atoms with Gasteiger partial charge in [-0.25, -0.2) is 0 Å². The van der Waals surface area contributed by atoms with Crippen molar-refractivity contribution in [3.63, 3.8) is 0 Å². The van der Waals surface area contributed by atoms with Gasteiger partial charge in [-0.15, -0.1) is 0 Å². The van der Waals surface area contributed by atoms with E-state index in [9.17, 15) is 0 Å². The summed E-state index contributed by atoms with van der Waals surface area (Å²) in [4.78, 5) is 0. The number of hydrogen-bond acceptors (Lipinski definition) is 1. The molecule has 3 rings (SSSR count). The van der Waals surface area contributed by atoms with Gasteiger partial charge in [0.2, 0.25) is 0 Å². The van der Waals surface area contributed by atoms with Gasteiger partial charge >= 0.3 is 0 Å². The molecule has 2 aromatic carbocycles. The molecule has 3 heteroatoms. The molecule has 0 radical (unpaired) electrons. The number of likely N-dealkylation sites (tertiary alicyclic amines) is 1. The molecule has 0 bridgehead atoms. The zero-order valence-electron chi connectivity index (χ0n) is 16.2. The lowest BCUT2D eigenvalue weighted by Crippen LogP contribution is -3.00. The number of hydrogen-bond donors (Lipinski definition) is 0. The SMILES string of the molecule is C/C=C/CC(COCC[N+]1(C)CCCC1)c1cccc2ccccc12.[I-]. The second kappa shape index (κ2) is 10.4. The van der Waals surface area contributed by atoms with Crippen LogP contribution in [0.5, 0.6) is 0 Å². The highest BCUT2D eigenvalue weighted by atomic mass is 127. The van der Waals surface area contributed by atoms with E-state index in [-0.39, 0.29) is 24.0 Å². The van der Waals surface area contributed by atoms with Crippen molar-refractivity contribution < 1.29 is 33.2 Å². The predicted molar refractivity (Wildman–Crippen MR) is 107 cm³/mol. The molecule has 0 saturated carbocycles. The molecule has 1 fully saturated rings. The summed E-state index contributed by atoms with van der Waals surface area (Å²) >= 11 is 0. The number of fused-ring (bicyclic) bond motifs is 1. The Morgan fingerprint density at radius 3 is 2.58 bits per heavy atom. The first-order valence-corrected chi connectivity index (χ1v) is 9.72. The summed E-state index contributed by atoms with van der Waals surface area (Å²) in [6.07, 6.45) is 8.20. The lowest BCUT2D eigenvalue weighted by Gasteiger charge is -2.29. The number of likely N-dealkylation sites (N-methyl/N-ethyl adjacent to an activating group) is 1. The Labute approximate surface area is 175 Å². The molecule has 2 aromatic rings. The third-order valence-electron chi connectivity index (χ3n) is 5.66. The van der Waals surface area contributed by atoms with Gasteiger partial charge in [0.25, 0.3) is 0 Å². The van der Waals surface area contributed by atoms with Crippen LogP contribution in [0.2, 0.25) is 0 Å². The summed E-state index contributed by atoms with van der Waals surface area (Å²) in [5.41, 5.74) is 1.41. The van der Waals surface area contributed by atoms with Crippen LogP contribution in [0.1, 0.15) is 37.7 Å². The van der Waals surface area contributed by atoms with Crippen molar-refractivity contribution in [3.05, 3.63) is 60.2 Å². The lowest BCUT2D eigenvalue weighted by molar-refractivity contribution is -0.898. The number of halogens is 1. The van der Waals surface area contributed by atoms with Gasteiger partial charge in [-0.05, 0) is 29.7 Å². The van der Waals surface area contributed by atoms with Crippen LogP contribution < -0.4 is 24.0 Å². The van der Waals surface area contributed by atoms with Gasteiger partial charge in [0.05, 0.1) is 33.4 Å². The van der Waals surface area contributed by atoms with Crippen LogP contribution in [0.15, 0.2) is 54.6 Å². The first-order valence-electron chi connectivity index (χ1n) is 9.72. The predicted octanol–water partition coefficient (Wildman–Crippen LogP) is 2.15. The molecule has 0 N–H and O–H groups in total. The standard InChI is InChI=1S/C23H32NO.HI/c1-3-4-10-21(19-25-18-17-24(2)15-7-8-16-24)23-14-9-12-20-11-5-6-13-22(20)23;/h3-6,9,11-14,21H,7-8,10,15-19H2,1-2H3;1H/q+1;/p-1/b4-3+;. The fraction of sp³-hybridized carbons (Fsp3) is 0.478. The largest absolute Gasteiger partial charge is 1.00 e. The van der Waals surface area contributed by atoms with Crippen molar-refractivity contribution >= 4 is 10.8 Å². The summed E-state index contributed by atoms with van der Waals surface area (Å²) in [6, 6.07) is 15.3. The summed E-state index contributed by atoms with van der Waals surface area (Å²) in [6.45, 7) is 7.54. The molecule has 0 aliphatic carbocycles. The highest BCUT2D eigenvalue weighted by Gasteiger charge is 2.26. The fourth-order valence-corrected chi connectivity index (χ4v) is 4.02. The Kier molecular flexibility index (Phi) is 8.58. The van der Waals surface area contributed by atoms with E-state index in [0.29, 0.717) is 5.92 Å². The highest BCUT2D eigenvalue weighted by molar-refractivity contribution is 5.86. The van der Waals surface area contributed by atoms with Crippen LogP contribution in [-0.4, -0.2) is 44.4 Å². The van der Waals surface area contributed by atoms with Crippen LogP contribution in [-0.2, 0) is 4.74 Å². The van der Waals surface area contributed by atoms with Gasteiger partial charge in [0, 0.05) is 18.8 Å². The van der Waals surface area contributed by atoms with E-state index in [4.69, 9.17) is 4.74 Å². The number of allylic oxidation sites excluding steroid dienone is 2. The zero-order valence-corrected chi connectivity index (χ0v) is 18.3. The van der Waals surface area contributed by atoms with Crippen molar-refractivity contribution in [2.75, 3.05) is 39.9 Å². The molecule has 1 atom stereocenters. The van der Waals surface area contributed by atoms with Gasteiger partial charge < -0.3 is 33.2 Å². The molecule has 0 aromatic heterocycles. The molecule has 1 unspecified atom stereocenters. The Hall–Kier alpha value is -0.910. The lowest BCUT2D eigenvalue weighted by atomic mass is 9.91. The second-order valence-electron chi connectivity index (χ2n) is 7.64. The molecule has 142 valence electrons. The minimum atomic E-state index is 0. The first-order chi connectivity index (χ1) is 12.2. The number of ether oxygens (including phenoxy) is 1. The monoisotopic (exact) mass is 465 g/mol. The molecule has 1 aliphatic heterocycles. The maximum atomic E-state index is 6.17. The van der Waals surface area contributed by atoms with Gasteiger partial charge in [-0.1, -0.05) is 54.6 Å². The smallest absolute Gasteiger partial charge is 0.102 e. The van der Waals surface area contributed by atoms with Gasteiger partial charge in [-0.3, -0.25) is 0 Å². The Morgan fingerprint density at radius 1 is 1.08 bits per heavy atom. The minimum Gasteiger partial charge on any atom is -1.00 e. The van der Waals surface area contributed by atoms with Gasteiger partial charge in [0.1, 0.15) is 6.54 Å². The molecule has 0 amide bonds. The molecular weight excluding hydrogens is 433 g/mol. The third-order valence-corrected chi connectivity index (χ3v) is 5.66. The van der Waals surface area contributed by atoms with Gasteiger partial charge in [-0.2, -0.15) is 0 Å². The summed E-state index contributed by atoms with van der Waals surface area (Å²) in [5, 5.41) is 2.68. The van der Waals surface area contributed by atoms with E-state index >= 15 is 0 Å². The van der Waals surface area contributed by atoms with E-state index in [1.165, 1.54) is 46.8 Å². The molecule has 2 nitrogen and oxygen atoms in total. The maximum absolute atomic E-state index is 6.17. The quantitative estimate of drug-likeness (QED) is 0.251. The van der Waals surface area contributed by atoms with Crippen molar-refractivity contribution in [2.24, 2.45) is 0 Å². The van der Waals surface area contributed by atoms with E-state index in [0.717, 1.165) is 26.2 Å². The molecule has 1 aliphatic rings. The average Bonchev–Trinajstić information content (AvgIpc) is 3.07. The molecule has 1 heterocycles. The van der Waals surface area contributed by atoms with E-state index < -0.39 is 0 Å². The Bertz CT molecular complexity index is 701. The summed E-state index contributed by atoms with van der Waals surface area (Å²) < 4.78 is 7.36. The van der Waals surface area contributed by atoms with E-state index in [1.54, 1.807) is 0 Å². The minimum absolute atomic E-state index is 0. The third kappa shape index (κ3) is 5.54. The topological polar surface area (TPSA) is 9.23 Å². The van der Waals surface area contributed by atoms with Crippen LogP contribution in [0.3, 0.4) is 0 Å². The summed E-state index contributed by atoms with van der Waals surface area (Å²) in [7, 11) is 2.37. The normalized spacial score (nSPS) is 17.5. The second-order valence-corrected chi connectivity index (χ2v) is 7.64. The van der Waals surface area contributed by atoms with Crippen molar-refractivity contribution in [1.29, 1.82) is 0 Å². The fourth-order valence-electron chi connectivity index (χ4n) is 4.02. The Balaban J connectivity index is 0.00000243. The van der Waals surface area contributed by atoms with Crippen LogP contribution >= 0.6 is 0 Å². The molecule has 26 heavy (non-hydrogen) atoms. The van der Waals surface area contributed by atoms with Crippen LogP contribution in [0.25, 0.3) is 10.8 Å². The van der Waals surface area contributed by atoms with Crippen LogP contribution in [0, 0.1) is 0 Å². The molecular formula is C23H32INO. The van der Waals surface area contributed by atoms with Gasteiger partial charge in [0.15, 0.2) is 0 Å². The van der Waals surface area contributed by atoms with Crippen LogP contribution in [0.4, 0.5) is 0 Å². The van der Waals surface area contributed by atoms with E-state index in [1.807, 2.05) is 0 Å². The number of quaternary nitrogens is 1. The summed E-state index contributed by atoms with van der Waals surface area (Å²) in [5.74, 6) is 0.422. The van der Waals surface area contributed by atoms with Crippen molar-refractivity contribution in [1.82, 2.24) is 0 Å². The molecule has 0 spiro atoms. The number of nitrogens with zero attached hydrogens (tertiary/aromatic N) is 1. The van der Waals surface area contributed by atoms with Crippen molar-refractivity contribution in [2.45, 2.75) is 32.1 Å². The van der Waals surface area contributed by atoms with E-state index in [2.05, 4.69) is 68.6 Å². The Morgan fingerprint density at radius 2 is 1.81 bits per heavy atom. The van der Waals surface area contributed by atoms with Crippen molar-refractivity contribution in [3.8, 4) is 0 Å². The zero-order chi connectivity index (χ0) is 17.5. The molecule has 1 saturated heterocycles. The average molecular weight is 465 g/mol. The number of rotatable bonds is 8. The first kappa shape index (κ1) is 21.4. The maximum Gasteiger partial charge on any atom is 0.102 e. The highest BCUT2D eigenvalue weighted by Crippen LogP contribution is 2.28.